The number of benzene rings is 2. The summed E-state index contributed by atoms with van der Waals surface area (Å²) in [6.07, 6.45) is -4.46. The molecule has 2 heterocycles. The SMILES string of the molecule is OC[C@H]1OC(c2ccc(Cl)c(Cc3ccc(OC4CCOC4)cc3)c2)[C@H](O)[C@@H](O)[C@@H]1O. The summed E-state index contributed by atoms with van der Waals surface area (Å²) in [5.74, 6) is 0.792. The molecule has 0 amide bonds. The molecule has 0 spiro atoms. The van der Waals surface area contributed by atoms with Gasteiger partial charge in [-0.25, -0.2) is 0 Å². The molecule has 7 nitrogen and oxygen atoms in total. The van der Waals surface area contributed by atoms with Crippen molar-refractivity contribution in [1.82, 2.24) is 0 Å². The summed E-state index contributed by atoms with van der Waals surface area (Å²) in [5.41, 5.74) is 2.47. The average Bonchev–Trinajstić information content (AvgIpc) is 3.28. The van der Waals surface area contributed by atoms with E-state index in [2.05, 4.69) is 0 Å². The van der Waals surface area contributed by atoms with Gasteiger partial charge in [0, 0.05) is 11.4 Å². The fourth-order valence-corrected chi connectivity index (χ4v) is 4.17. The van der Waals surface area contributed by atoms with Gasteiger partial charge in [-0.3, -0.25) is 0 Å². The van der Waals surface area contributed by atoms with Crippen molar-refractivity contribution >= 4 is 11.6 Å². The first-order valence-corrected chi connectivity index (χ1v) is 10.8. The topological polar surface area (TPSA) is 109 Å². The predicted molar refractivity (Wildman–Crippen MR) is 113 cm³/mol. The van der Waals surface area contributed by atoms with Gasteiger partial charge in [-0.15, -0.1) is 0 Å². The highest BCUT2D eigenvalue weighted by Crippen LogP contribution is 2.34. The van der Waals surface area contributed by atoms with Crippen molar-refractivity contribution in [2.75, 3.05) is 19.8 Å². The minimum Gasteiger partial charge on any atom is -0.488 e. The summed E-state index contributed by atoms with van der Waals surface area (Å²) in [4.78, 5) is 0. The van der Waals surface area contributed by atoms with Crippen molar-refractivity contribution in [3.63, 3.8) is 0 Å². The van der Waals surface area contributed by atoms with Gasteiger partial charge in [0.15, 0.2) is 0 Å². The van der Waals surface area contributed by atoms with Crippen LogP contribution in [0.2, 0.25) is 5.02 Å². The lowest BCUT2D eigenvalue weighted by Crippen LogP contribution is -2.55. The standard InChI is InChI=1S/C23H27ClO7/c24-18-6-3-14(23-22(28)21(27)20(26)19(11-25)31-23)10-15(18)9-13-1-4-16(5-2-13)30-17-7-8-29-12-17/h1-6,10,17,19-23,25-28H,7-9,11-12H2/t17?,19-,20-,21+,22-,23?/m1/s1. The normalized spacial score (nSPS) is 31.0. The van der Waals surface area contributed by atoms with Crippen LogP contribution in [0.5, 0.6) is 5.75 Å². The second-order valence-corrected chi connectivity index (χ2v) is 8.43. The first kappa shape index (κ1) is 22.5. The molecule has 0 saturated carbocycles. The Balaban J connectivity index is 1.49. The molecule has 0 aromatic heterocycles. The van der Waals surface area contributed by atoms with Crippen molar-refractivity contribution in [3.05, 3.63) is 64.2 Å². The van der Waals surface area contributed by atoms with Crippen molar-refractivity contribution in [2.24, 2.45) is 0 Å². The minimum absolute atomic E-state index is 0.0931. The summed E-state index contributed by atoms with van der Waals surface area (Å²) < 4.78 is 16.9. The molecule has 4 rings (SSSR count). The molecule has 0 bridgehead atoms. The number of rotatable bonds is 6. The Morgan fingerprint density at radius 2 is 1.77 bits per heavy atom. The molecule has 31 heavy (non-hydrogen) atoms. The maximum atomic E-state index is 10.4. The summed E-state index contributed by atoms with van der Waals surface area (Å²) in [7, 11) is 0. The van der Waals surface area contributed by atoms with Crippen LogP contribution in [0.25, 0.3) is 0 Å². The molecule has 2 aromatic carbocycles. The van der Waals surface area contributed by atoms with Gasteiger partial charge in [-0.2, -0.15) is 0 Å². The van der Waals surface area contributed by atoms with E-state index in [-0.39, 0.29) is 6.10 Å². The van der Waals surface area contributed by atoms with E-state index in [1.807, 2.05) is 30.3 Å². The van der Waals surface area contributed by atoms with Crippen LogP contribution in [-0.2, 0) is 15.9 Å². The first-order valence-electron chi connectivity index (χ1n) is 10.4. The molecule has 0 aliphatic carbocycles. The van der Waals surface area contributed by atoms with Crippen LogP contribution in [0.15, 0.2) is 42.5 Å². The number of hydrogen-bond acceptors (Lipinski definition) is 7. The number of aliphatic hydroxyl groups excluding tert-OH is 4. The molecule has 0 radical (unpaired) electrons. The quantitative estimate of drug-likeness (QED) is 0.529. The van der Waals surface area contributed by atoms with Crippen LogP contribution in [-0.4, -0.2) is 70.8 Å². The highest BCUT2D eigenvalue weighted by atomic mass is 35.5. The number of ether oxygens (including phenoxy) is 3. The minimum atomic E-state index is -1.42. The largest absolute Gasteiger partial charge is 0.488 e. The fraction of sp³-hybridized carbons (Fsp3) is 0.478. The van der Waals surface area contributed by atoms with Crippen molar-refractivity contribution in [3.8, 4) is 5.75 Å². The van der Waals surface area contributed by atoms with Crippen molar-refractivity contribution < 1.29 is 34.6 Å². The Bertz CT molecular complexity index is 867. The fourth-order valence-electron chi connectivity index (χ4n) is 3.99. The molecule has 168 valence electrons. The highest BCUT2D eigenvalue weighted by Gasteiger charge is 2.44. The molecule has 4 N–H and O–H groups in total. The lowest BCUT2D eigenvalue weighted by molar-refractivity contribution is -0.231. The van der Waals surface area contributed by atoms with Gasteiger partial charge in [-0.05, 0) is 41.3 Å². The molecular formula is C23H27ClO7. The second kappa shape index (κ2) is 9.83. The molecular weight excluding hydrogens is 424 g/mol. The van der Waals surface area contributed by atoms with Gasteiger partial charge in [0.2, 0.25) is 0 Å². The lowest BCUT2D eigenvalue weighted by atomic mass is 9.90. The third-order valence-corrected chi connectivity index (χ3v) is 6.17. The Morgan fingerprint density at radius 3 is 2.45 bits per heavy atom. The summed E-state index contributed by atoms with van der Waals surface area (Å²) in [5, 5.41) is 40.5. The molecule has 8 heteroatoms. The van der Waals surface area contributed by atoms with E-state index >= 15 is 0 Å². The molecule has 2 fully saturated rings. The van der Waals surface area contributed by atoms with Crippen LogP contribution in [0.4, 0.5) is 0 Å². The van der Waals surface area contributed by atoms with Gasteiger partial charge >= 0.3 is 0 Å². The third kappa shape index (κ3) is 5.04. The lowest BCUT2D eigenvalue weighted by Gasteiger charge is -2.40. The summed E-state index contributed by atoms with van der Waals surface area (Å²) in [6, 6.07) is 13.0. The maximum Gasteiger partial charge on any atom is 0.124 e. The van der Waals surface area contributed by atoms with Crippen LogP contribution in [0.3, 0.4) is 0 Å². The summed E-state index contributed by atoms with van der Waals surface area (Å²) >= 11 is 6.40. The third-order valence-electron chi connectivity index (χ3n) is 5.80. The average molecular weight is 451 g/mol. The monoisotopic (exact) mass is 450 g/mol. The van der Waals surface area contributed by atoms with E-state index in [1.54, 1.807) is 12.1 Å². The number of hydrogen-bond donors (Lipinski definition) is 4. The Kier molecular flexibility index (Phi) is 7.13. The summed E-state index contributed by atoms with van der Waals surface area (Å²) in [6.45, 7) is 0.872. The van der Waals surface area contributed by atoms with E-state index in [4.69, 9.17) is 25.8 Å². The second-order valence-electron chi connectivity index (χ2n) is 8.02. The van der Waals surface area contributed by atoms with Gasteiger partial charge in [-0.1, -0.05) is 35.9 Å². The van der Waals surface area contributed by atoms with E-state index in [0.717, 1.165) is 29.9 Å². The Labute approximate surface area is 185 Å². The van der Waals surface area contributed by atoms with Crippen LogP contribution >= 0.6 is 11.6 Å². The van der Waals surface area contributed by atoms with E-state index < -0.39 is 37.1 Å². The Morgan fingerprint density at radius 1 is 1.00 bits per heavy atom. The van der Waals surface area contributed by atoms with Crippen LogP contribution in [0, 0.1) is 0 Å². The zero-order valence-corrected chi connectivity index (χ0v) is 17.7. The van der Waals surface area contributed by atoms with E-state index in [9.17, 15) is 20.4 Å². The Hall–Kier alpha value is -1.71. The predicted octanol–water partition coefficient (Wildman–Crippen LogP) is 1.61. The highest BCUT2D eigenvalue weighted by molar-refractivity contribution is 6.31. The molecule has 2 aliphatic heterocycles. The van der Waals surface area contributed by atoms with E-state index in [0.29, 0.717) is 23.6 Å². The molecule has 2 aromatic rings. The molecule has 2 aliphatic rings. The number of aliphatic hydroxyl groups is 4. The van der Waals surface area contributed by atoms with Gasteiger partial charge in [0.25, 0.3) is 0 Å². The number of halogens is 1. The van der Waals surface area contributed by atoms with Gasteiger partial charge in [0.05, 0.1) is 19.8 Å². The maximum absolute atomic E-state index is 10.4. The van der Waals surface area contributed by atoms with Gasteiger partial charge in [0.1, 0.15) is 42.4 Å². The zero-order chi connectivity index (χ0) is 22.0. The van der Waals surface area contributed by atoms with Crippen molar-refractivity contribution in [2.45, 2.75) is 49.5 Å². The van der Waals surface area contributed by atoms with E-state index in [1.165, 1.54) is 0 Å². The van der Waals surface area contributed by atoms with Gasteiger partial charge < -0.3 is 34.6 Å². The molecule has 6 atom stereocenters. The molecule has 2 unspecified atom stereocenters. The smallest absolute Gasteiger partial charge is 0.124 e. The van der Waals surface area contributed by atoms with Crippen LogP contribution < -0.4 is 4.74 Å². The molecule has 2 saturated heterocycles. The first-order chi connectivity index (χ1) is 15.0. The zero-order valence-electron chi connectivity index (χ0n) is 16.9. The van der Waals surface area contributed by atoms with Crippen molar-refractivity contribution in [1.29, 1.82) is 0 Å². The van der Waals surface area contributed by atoms with Crippen LogP contribution in [0.1, 0.15) is 29.2 Å².